The zero-order valence-corrected chi connectivity index (χ0v) is 14.6. The average molecular weight is 353 g/mol. The molecule has 5 nitrogen and oxygen atoms in total. The highest BCUT2D eigenvalue weighted by atomic mass is 32.2. The first-order valence-corrected chi connectivity index (χ1v) is 8.86. The van der Waals surface area contributed by atoms with Crippen molar-refractivity contribution in [1.29, 1.82) is 0 Å². The lowest BCUT2D eigenvalue weighted by Crippen LogP contribution is -2.28. The minimum atomic E-state index is -3.65. The van der Waals surface area contributed by atoms with E-state index in [1.165, 1.54) is 43.8 Å². The number of benzene rings is 2. The van der Waals surface area contributed by atoms with Gasteiger partial charge in [-0.2, -0.15) is 0 Å². The van der Waals surface area contributed by atoms with Gasteiger partial charge in [-0.3, -0.25) is 0 Å². The molecule has 0 aromatic heterocycles. The van der Waals surface area contributed by atoms with Crippen LogP contribution in [0.5, 0.6) is 11.5 Å². The highest BCUT2D eigenvalue weighted by molar-refractivity contribution is 7.88. The van der Waals surface area contributed by atoms with Crippen LogP contribution in [0.1, 0.15) is 11.1 Å². The minimum absolute atomic E-state index is 0.150. The fourth-order valence-corrected chi connectivity index (χ4v) is 3.45. The quantitative estimate of drug-likeness (QED) is 0.768. The lowest BCUT2D eigenvalue weighted by atomic mass is 10.2. The topological polar surface area (TPSA) is 55.8 Å². The summed E-state index contributed by atoms with van der Waals surface area (Å²) in [6, 6.07) is 11.0. The Morgan fingerprint density at radius 1 is 1.04 bits per heavy atom. The van der Waals surface area contributed by atoms with Gasteiger partial charge >= 0.3 is 0 Å². The van der Waals surface area contributed by atoms with Crippen LogP contribution in [-0.2, 0) is 22.3 Å². The number of methoxy groups -OCH3 is 2. The van der Waals surface area contributed by atoms with Crippen LogP contribution in [0, 0.1) is 5.82 Å². The fraction of sp³-hybridized carbons (Fsp3) is 0.294. The zero-order valence-electron chi connectivity index (χ0n) is 13.8. The van der Waals surface area contributed by atoms with Crippen molar-refractivity contribution < 1.29 is 22.3 Å². The summed E-state index contributed by atoms with van der Waals surface area (Å²) in [5.74, 6) is 0.178. The molecule has 0 N–H and O–H groups in total. The second-order valence-electron chi connectivity index (χ2n) is 5.29. The first-order chi connectivity index (χ1) is 11.4. The van der Waals surface area contributed by atoms with Crippen molar-refractivity contribution in [3.05, 3.63) is 59.4 Å². The van der Waals surface area contributed by atoms with Crippen LogP contribution in [0.2, 0.25) is 0 Å². The highest BCUT2D eigenvalue weighted by Gasteiger charge is 2.21. The Bertz CT molecular complexity index is 808. The van der Waals surface area contributed by atoms with Gasteiger partial charge in [0.25, 0.3) is 0 Å². The molecule has 2 aromatic rings. The molecule has 2 aromatic carbocycles. The monoisotopic (exact) mass is 353 g/mol. The second-order valence-corrected chi connectivity index (χ2v) is 7.37. The summed E-state index contributed by atoms with van der Waals surface area (Å²) in [4.78, 5) is 0. The Kier molecular flexibility index (Phi) is 5.80. The van der Waals surface area contributed by atoms with Crippen molar-refractivity contribution in [2.24, 2.45) is 0 Å². The van der Waals surface area contributed by atoms with Crippen molar-refractivity contribution in [3.8, 4) is 11.5 Å². The van der Waals surface area contributed by atoms with Crippen LogP contribution in [0.3, 0.4) is 0 Å². The van der Waals surface area contributed by atoms with Crippen molar-refractivity contribution in [2.75, 3.05) is 21.3 Å². The molecule has 0 aliphatic heterocycles. The Balaban J connectivity index is 2.16. The molecule has 0 unspecified atom stereocenters. The van der Waals surface area contributed by atoms with Crippen LogP contribution in [0.15, 0.2) is 42.5 Å². The Morgan fingerprint density at radius 2 is 1.71 bits per heavy atom. The Morgan fingerprint density at radius 3 is 2.33 bits per heavy atom. The van der Waals surface area contributed by atoms with E-state index in [2.05, 4.69) is 0 Å². The van der Waals surface area contributed by atoms with Gasteiger partial charge in [0, 0.05) is 19.2 Å². The van der Waals surface area contributed by atoms with Crippen LogP contribution in [0.25, 0.3) is 0 Å². The fourth-order valence-electron chi connectivity index (χ4n) is 2.26. The van der Waals surface area contributed by atoms with Crippen molar-refractivity contribution in [2.45, 2.75) is 12.3 Å². The molecule has 0 amide bonds. The molecule has 2 rings (SSSR count). The van der Waals surface area contributed by atoms with E-state index < -0.39 is 15.8 Å². The first kappa shape index (κ1) is 18.2. The van der Waals surface area contributed by atoms with E-state index >= 15 is 0 Å². The molecule has 0 aliphatic carbocycles. The number of halogens is 1. The van der Waals surface area contributed by atoms with Crippen molar-refractivity contribution in [3.63, 3.8) is 0 Å². The maximum absolute atomic E-state index is 13.7. The molecule has 130 valence electrons. The predicted molar refractivity (Wildman–Crippen MR) is 90.0 cm³/mol. The third kappa shape index (κ3) is 4.24. The van der Waals surface area contributed by atoms with Crippen LogP contribution in [0.4, 0.5) is 4.39 Å². The van der Waals surface area contributed by atoms with E-state index in [1.54, 1.807) is 24.3 Å². The number of ether oxygens (including phenoxy) is 2. The van der Waals surface area contributed by atoms with E-state index in [9.17, 15) is 12.8 Å². The summed E-state index contributed by atoms with van der Waals surface area (Å²) < 4.78 is 50.1. The van der Waals surface area contributed by atoms with Gasteiger partial charge in [0.05, 0.1) is 20.0 Å². The predicted octanol–water partition coefficient (Wildman–Crippen LogP) is 2.80. The third-order valence-corrected chi connectivity index (χ3v) is 5.38. The molecule has 0 heterocycles. The molecule has 0 saturated carbocycles. The SMILES string of the molecule is COc1ccc(CN(C)S(=O)(=O)Cc2ccccc2F)cc1OC. The molecule has 0 atom stereocenters. The number of rotatable bonds is 7. The van der Waals surface area contributed by atoms with Gasteiger partial charge in [0.2, 0.25) is 10.0 Å². The number of nitrogens with zero attached hydrogens (tertiary/aromatic N) is 1. The molecular formula is C17H20FNO4S. The minimum Gasteiger partial charge on any atom is -0.493 e. The lowest BCUT2D eigenvalue weighted by Gasteiger charge is -2.18. The molecule has 0 bridgehead atoms. The van der Waals surface area contributed by atoms with Gasteiger partial charge in [-0.05, 0) is 23.8 Å². The van der Waals surface area contributed by atoms with Gasteiger partial charge in [0.15, 0.2) is 11.5 Å². The number of sulfonamides is 1. The molecule has 24 heavy (non-hydrogen) atoms. The Labute approximate surface area is 141 Å². The van der Waals surface area contributed by atoms with E-state index in [0.29, 0.717) is 11.5 Å². The van der Waals surface area contributed by atoms with E-state index in [1.807, 2.05) is 0 Å². The molecule has 7 heteroatoms. The lowest BCUT2D eigenvalue weighted by molar-refractivity contribution is 0.354. The van der Waals surface area contributed by atoms with Gasteiger partial charge in [-0.25, -0.2) is 17.1 Å². The standard InChI is InChI=1S/C17H20FNO4S/c1-19(11-13-8-9-16(22-2)17(10-13)23-3)24(20,21)12-14-6-4-5-7-15(14)18/h4-10H,11-12H2,1-3H3. The second kappa shape index (κ2) is 7.63. The molecule has 0 fully saturated rings. The maximum Gasteiger partial charge on any atom is 0.218 e. The third-order valence-electron chi connectivity index (χ3n) is 3.62. The van der Waals surface area contributed by atoms with Gasteiger partial charge in [-0.15, -0.1) is 0 Å². The van der Waals surface area contributed by atoms with Gasteiger partial charge in [0.1, 0.15) is 5.82 Å². The van der Waals surface area contributed by atoms with Crippen LogP contribution >= 0.6 is 0 Å². The number of hydrogen-bond donors (Lipinski definition) is 0. The summed E-state index contributed by atoms with van der Waals surface area (Å²) in [7, 11) is 0.862. The van der Waals surface area contributed by atoms with Crippen molar-refractivity contribution >= 4 is 10.0 Å². The maximum atomic E-state index is 13.7. The van der Waals surface area contributed by atoms with Crippen LogP contribution < -0.4 is 9.47 Å². The molecule has 0 saturated heterocycles. The first-order valence-electron chi connectivity index (χ1n) is 7.25. The summed E-state index contributed by atoms with van der Waals surface area (Å²) >= 11 is 0. The summed E-state index contributed by atoms with van der Waals surface area (Å²) in [5.41, 5.74) is 0.893. The normalized spacial score (nSPS) is 11.5. The van der Waals surface area contributed by atoms with E-state index in [4.69, 9.17) is 9.47 Å². The van der Waals surface area contributed by atoms with Gasteiger partial charge < -0.3 is 9.47 Å². The summed E-state index contributed by atoms with van der Waals surface area (Å²) in [5, 5.41) is 0. The zero-order chi connectivity index (χ0) is 17.7. The average Bonchev–Trinajstić information content (AvgIpc) is 2.56. The smallest absolute Gasteiger partial charge is 0.218 e. The van der Waals surface area contributed by atoms with E-state index in [-0.39, 0.29) is 17.9 Å². The molecule has 0 spiro atoms. The van der Waals surface area contributed by atoms with Crippen LogP contribution in [-0.4, -0.2) is 34.0 Å². The largest absolute Gasteiger partial charge is 0.493 e. The Hall–Kier alpha value is -2.12. The van der Waals surface area contributed by atoms with E-state index in [0.717, 1.165) is 5.56 Å². The summed E-state index contributed by atoms with van der Waals surface area (Å²) in [6.45, 7) is 0.150. The highest BCUT2D eigenvalue weighted by Crippen LogP contribution is 2.28. The summed E-state index contributed by atoms with van der Waals surface area (Å²) in [6.07, 6.45) is 0. The van der Waals surface area contributed by atoms with Crippen molar-refractivity contribution in [1.82, 2.24) is 4.31 Å². The molecule has 0 aliphatic rings. The molecule has 0 radical (unpaired) electrons. The van der Waals surface area contributed by atoms with Gasteiger partial charge in [-0.1, -0.05) is 24.3 Å². The number of hydrogen-bond acceptors (Lipinski definition) is 4. The molecular weight excluding hydrogens is 333 g/mol.